The smallest absolute Gasteiger partial charge is 0.231 e. The largest absolute Gasteiger partial charge is 0.508 e. The Morgan fingerprint density at radius 2 is 2.14 bits per heavy atom. The zero-order valence-electron chi connectivity index (χ0n) is 15.3. The van der Waals surface area contributed by atoms with E-state index in [1.54, 1.807) is 17.0 Å². The van der Waals surface area contributed by atoms with Gasteiger partial charge in [0, 0.05) is 26.1 Å². The van der Waals surface area contributed by atoms with Gasteiger partial charge in [0.2, 0.25) is 16.9 Å². The highest BCUT2D eigenvalue weighted by atomic mass is 32.1. The first kappa shape index (κ1) is 18.8. The number of phenols is 1. The third kappa shape index (κ3) is 4.31. The van der Waals surface area contributed by atoms with Crippen molar-refractivity contribution in [3.63, 3.8) is 0 Å². The predicted molar refractivity (Wildman–Crippen MR) is 103 cm³/mol. The molecular formula is C19H22N4O4S. The van der Waals surface area contributed by atoms with E-state index in [0.29, 0.717) is 24.6 Å². The standard InChI is InChI=1S/C19H22N4O4S/c24-14-5-3-12(4-6-14)7-8-23-11-13(10-16(23)25)17(26)20-19-22-21-18(28-19)15-2-1-9-27-15/h3-6,13,15,24H,1-2,7-11H2,(H,20,22,26)/t13-,15+/m1/s1. The van der Waals surface area contributed by atoms with Gasteiger partial charge in [-0.15, -0.1) is 10.2 Å². The van der Waals surface area contributed by atoms with E-state index in [-0.39, 0.29) is 36.0 Å². The molecule has 0 radical (unpaired) electrons. The van der Waals surface area contributed by atoms with Crippen LogP contribution in [0.1, 0.15) is 35.9 Å². The number of nitrogens with zero attached hydrogens (tertiary/aromatic N) is 3. The molecule has 2 amide bonds. The van der Waals surface area contributed by atoms with E-state index in [1.807, 2.05) is 12.1 Å². The molecule has 2 aliphatic rings. The van der Waals surface area contributed by atoms with E-state index in [9.17, 15) is 14.7 Å². The fraction of sp³-hybridized carbons (Fsp3) is 0.474. The van der Waals surface area contributed by atoms with Crippen molar-refractivity contribution >= 4 is 28.3 Å². The minimum Gasteiger partial charge on any atom is -0.508 e. The molecule has 28 heavy (non-hydrogen) atoms. The summed E-state index contributed by atoms with van der Waals surface area (Å²) in [5.74, 6) is -0.383. The van der Waals surface area contributed by atoms with Crippen molar-refractivity contribution < 1.29 is 19.4 Å². The molecule has 8 nitrogen and oxygen atoms in total. The van der Waals surface area contributed by atoms with Gasteiger partial charge in [0.05, 0.1) is 5.92 Å². The number of aromatic hydroxyl groups is 1. The average molecular weight is 402 g/mol. The van der Waals surface area contributed by atoms with E-state index in [2.05, 4.69) is 15.5 Å². The lowest BCUT2D eigenvalue weighted by Crippen LogP contribution is -2.30. The van der Waals surface area contributed by atoms with Crippen molar-refractivity contribution in [2.45, 2.75) is 31.8 Å². The maximum absolute atomic E-state index is 12.5. The van der Waals surface area contributed by atoms with Crippen molar-refractivity contribution in [3.8, 4) is 5.75 Å². The molecule has 4 rings (SSSR count). The summed E-state index contributed by atoms with van der Waals surface area (Å²) in [5, 5.41) is 21.5. The number of hydrogen-bond donors (Lipinski definition) is 2. The number of likely N-dealkylation sites (tertiary alicyclic amines) is 1. The number of benzene rings is 1. The second kappa shape index (κ2) is 8.24. The van der Waals surface area contributed by atoms with Crippen LogP contribution in [0.4, 0.5) is 5.13 Å². The first-order chi connectivity index (χ1) is 13.6. The fourth-order valence-electron chi connectivity index (χ4n) is 3.49. The Labute approximate surface area is 166 Å². The van der Waals surface area contributed by atoms with Gasteiger partial charge in [-0.2, -0.15) is 0 Å². The van der Waals surface area contributed by atoms with Crippen LogP contribution < -0.4 is 5.32 Å². The second-order valence-corrected chi connectivity index (χ2v) is 8.10. The second-order valence-electron chi connectivity index (χ2n) is 7.09. The molecule has 2 fully saturated rings. The first-order valence-corrected chi connectivity index (χ1v) is 10.2. The molecule has 0 unspecified atom stereocenters. The van der Waals surface area contributed by atoms with Gasteiger partial charge in [-0.1, -0.05) is 23.5 Å². The molecule has 0 bridgehead atoms. The number of aromatic nitrogens is 2. The van der Waals surface area contributed by atoms with Crippen molar-refractivity contribution in [2.75, 3.05) is 25.0 Å². The van der Waals surface area contributed by atoms with Gasteiger partial charge < -0.3 is 20.1 Å². The number of hydrogen-bond acceptors (Lipinski definition) is 7. The van der Waals surface area contributed by atoms with Crippen molar-refractivity contribution in [1.82, 2.24) is 15.1 Å². The number of carbonyl (C=O) groups excluding carboxylic acids is 2. The lowest BCUT2D eigenvalue weighted by atomic mass is 10.1. The van der Waals surface area contributed by atoms with E-state index >= 15 is 0 Å². The van der Waals surface area contributed by atoms with Crippen molar-refractivity contribution in [3.05, 3.63) is 34.8 Å². The highest BCUT2D eigenvalue weighted by Gasteiger charge is 2.34. The molecule has 2 atom stereocenters. The quantitative estimate of drug-likeness (QED) is 0.767. The number of amides is 2. The molecular weight excluding hydrogens is 380 g/mol. The van der Waals surface area contributed by atoms with E-state index in [1.165, 1.54) is 11.3 Å². The van der Waals surface area contributed by atoms with E-state index < -0.39 is 0 Å². The third-order valence-electron chi connectivity index (χ3n) is 5.07. The molecule has 3 heterocycles. The normalized spacial score (nSPS) is 22.0. The summed E-state index contributed by atoms with van der Waals surface area (Å²) in [6.07, 6.45) is 2.80. The molecule has 2 aromatic rings. The summed E-state index contributed by atoms with van der Waals surface area (Å²) in [6, 6.07) is 6.93. The Hall–Kier alpha value is -2.52. The van der Waals surface area contributed by atoms with Crippen LogP contribution in [-0.4, -0.2) is 51.7 Å². The molecule has 0 saturated carbocycles. The Morgan fingerprint density at radius 3 is 2.89 bits per heavy atom. The van der Waals surface area contributed by atoms with Crippen molar-refractivity contribution in [2.24, 2.45) is 5.92 Å². The van der Waals surface area contributed by atoms with Gasteiger partial charge in [0.1, 0.15) is 16.9 Å². The monoisotopic (exact) mass is 402 g/mol. The van der Waals surface area contributed by atoms with Crippen molar-refractivity contribution in [1.29, 1.82) is 0 Å². The van der Waals surface area contributed by atoms with Gasteiger partial charge in [-0.05, 0) is 37.0 Å². The molecule has 0 spiro atoms. The summed E-state index contributed by atoms with van der Waals surface area (Å²) in [5.41, 5.74) is 1.04. The number of phenolic OH excluding ortho intramolecular Hbond substituents is 1. The lowest BCUT2D eigenvalue weighted by Gasteiger charge is -2.16. The molecule has 9 heteroatoms. The number of anilines is 1. The maximum Gasteiger partial charge on any atom is 0.231 e. The topological polar surface area (TPSA) is 105 Å². The minimum atomic E-state index is -0.387. The highest BCUT2D eigenvalue weighted by Crippen LogP contribution is 2.32. The average Bonchev–Trinajstić information content (AvgIpc) is 3.42. The van der Waals surface area contributed by atoms with Crippen LogP contribution in [0.15, 0.2) is 24.3 Å². The summed E-state index contributed by atoms with van der Waals surface area (Å²) >= 11 is 1.33. The SMILES string of the molecule is O=C(Nc1nnc([C@@H]2CCCO2)s1)[C@@H]1CC(=O)N(CCc2ccc(O)cc2)C1. The van der Waals surface area contributed by atoms with Crippen LogP contribution in [0.5, 0.6) is 5.75 Å². The Balaban J connectivity index is 1.29. The van der Waals surface area contributed by atoms with Crippen LogP contribution in [0, 0.1) is 5.92 Å². The predicted octanol–water partition coefficient (Wildman–Crippen LogP) is 2.12. The van der Waals surface area contributed by atoms with Gasteiger partial charge in [0.15, 0.2) is 0 Å². The minimum absolute atomic E-state index is 0.0174. The van der Waals surface area contributed by atoms with Crippen LogP contribution >= 0.6 is 11.3 Å². The molecule has 2 N–H and O–H groups in total. The first-order valence-electron chi connectivity index (χ1n) is 9.40. The fourth-order valence-corrected chi connectivity index (χ4v) is 4.32. The Kier molecular flexibility index (Phi) is 5.54. The lowest BCUT2D eigenvalue weighted by molar-refractivity contribution is -0.128. The number of carbonyl (C=O) groups is 2. The summed E-state index contributed by atoms with van der Waals surface area (Å²) < 4.78 is 5.59. The molecule has 2 saturated heterocycles. The van der Waals surface area contributed by atoms with Gasteiger partial charge >= 0.3 is 0 Å². The van der Waals surface area contributed by atoms with E-state index in [4.69, 9.17) is 4.74 Å². The van der Waals surface area contributed by atoms with E-state index in [0.717, 1.165) is 30.0 Å². The zero-order chi connectivity index (χ0) is 19.5. The van der Waals surface area contributed by atoms with Gasteiger partial charge in [-0.3, -0.25) is 9.59 Å². The number of nitrogens with one attached hydrogen (secondary N) is 1. The van der Waals surface area contributed by atoms with Gasteiger partial charge in [0.25, 0.3) is 0 Å². The molecule has 0 aliphatic carbocycles. The molecule has 1 aromatic heterocycles. The van der Waals surface area contributed by atoms with Crippen LogP contribution in [-0.2, 0) is 20.7 Å². The summed E-state index contributed by atoms with van der Waals surface area (Å²) in [6.45, 7) is 1.69. The molecule has 148 valence electrons. The van der Waals surface area contributed by atoms with Crippen LogP contribution in [0.25, 0.3) is 0 Å². The number of ether oxygens (including phenoxy) is 1. The number of rotatable bonds is 6. The maximum atomic E-state index is 12.5. The van der Waals surface area contributed by atoms with Gasteiger partial charge in [-0.25, -0.2) is 0 Å². The Bertz CT molecular complexity index is 848. The van der Waals surface area contributed by atoms with Crippen LogP contribution in [0.2, 0.25) is 0 Å². The Morgan fingerprint density at radius 1 is 1.32 bits per heavy atom. The summed E-state index contributed by atoms with van der Waals surface area (Å²) in [4.78, 5) is 26.5. The molecule has 2 aliphatic heterocycles. The zero-order valence-corrected chi connectivity index (χ0v) is 16.2. The third-order valence-corrected chi connectivity index (χ3v) is 6.00. The highest BCUT2D eigenvalue weighted by molar-refractivity contribution is 7.15. The summed E-state index contributed by atoms with van der Waals surface area (Å²) in [7, 11) is 0. The molecule has 1 aromatic carbocycles. The van der Waals surface area contributed by atoms with Crippen LogP contribution in [0.3, 0.4) is 0 Å².